The van der Waals surface area contributed by atoms with Crippen molar-refractivity contribution >= 4 is 9.84 Å². The van der Waals surface area contributed by atoms with Crippen LogP contribution in [0.1, 0.15) is 24.0 Å². The van der Waals surface area contributed by atoms with Crippen molar-refractivity contribution < 1.29 is 13.2 Å². The third-order valence-corrected chi connectivity index (χ3v) is 5.42. The number of ether oxygens (including phenoxy) is 1. The number of hydrogen-bond donors (Lipinski definition) is 0. The molecule has 2 aromatic rings. The van der Waals surface area contributed by atoms with Gasteiger partial charge in [0.05, 0.1) is 17.8 Å². The molecule has 0 saturated carbocycles. The van der Waals surface area contributed by atoms with Crippen LogP contribution in [0.5, 0.6) is 5.75 Å². The molecule has 0 aliphatic carbocycles. The maximum Gasteiger partial charge on any atom is 0.178 e. The molecule has 3 nitrogen and oxygen atoms in total. The zero-order valence-corrected chi connectivity index (χ0v) is 13.4. The molecule has 2 aromatic carbocycles. The summed E-state index contributed by atoms with van der Waals surface area (Å²) < 4.78 is 30.3. The predicted molar refractivity (Wildman–Crippen MR) is 84.6 cm³/mol. The van der Waals surface area contributed by atoms with Crippen LogP contribution < -0.4 is 4.74 Å². The van der Waals surface area contributed by atoms with Crippen molar-refractivity contribution in [2.45, 2.75) is 24.7 Å². The summed E-state index contributed by atoms with van der Waals surface area (Å²) in [5, 5.41) is 0. The first-order valence-corrected chi connectivity index (χ1v) is 8.51. The summed E-state index contributed by atoms with van der Waals surface area (Å²) in [6.07, 6.45) is 0. The lowest BCUT2D eigenvalue weighted by Crippen LogP contribution is -2.13. The van der Waals surface area contributed by atoms with E-state index in [1.54, 1.807) is 31.4 Å². The molecule has 0 saturated heterocycles. The Morgan fingerprint density at radius 2 is 1.76 bits per heavy atom. The van der Waals surface area contributed by atoms with Crippen molar-refractivity contribution in [3.05, 3.63) is 59.7 Å². The van der Waals surface area contributed by atoms with Gasteiger partial charge < -0.3 is 4.74 Å². The van der Waals surface area contributed by atoms with E-state index < -0.39 is 9.84 Å². The summed E-state index contributed by atoms with van der Waals surface area (Å²) in [5.41, 5.74) is 2.01. The first kappa shape index (κ1) is 15.6. The van der Waals surface area contributed by atoms with Gasteiger partial charge in [-0.15, -0.1) is 0 Å². The Kier molecular flexibility index (Phi) is 4.68. The third-order valence-electron chi connectivity index (χ3n) is 3.49. The number of rotatable bonds is 5. The lowest BCUT2D eigenvalue weighted by molar-refractivity contribution is 0.407. The average molecular weight is 304 g/mol. The molecule has 0 spiro atoms. The van der Waals surface area contributed by atoms with Gasteiger partial charge in [0.15, 0.2) is 9.84 Å². The molecule has 0 amide bonds. The lowest BCUT2D eigenvalue weighted by Gasteiger charge is -2.16. The van der Waals surface area contributed by atoms with E-state index in [1.807, 2.05) is 38.1 Å². The standard InChI is InChI=1S/C17H20O3S/c1-13-9-10-16(17(11-13)20-3)14(2)12-21(18,19)15-7-5-4-6-8-15/h4-11,14H,12H2,1-3H3. The second kappa shape index (κ2) is 6.31. The van der Waals surface area contributed by atoms with E-state index in [1.165, 1.54) is 0 Å². The van der Waals surface area contributed by atoms with E-state index in [4.69, 9.17) is 4.74 Å². The molecule has 1 unspecified atom stereocenters. The topological polar surface area (TPSA) is 43.4 Å². The molecule has 0 bridgehead atoms. The van der Waals surface area contributed by atoms with Crippen molar-refractivity contribution in [3.63, 3.8) is 0 Å². The summed E-state index contributed by atoms with van der Waals surface area (Å²) in [7, 11) is -1.69. The van der Waals surface area contributed by atoms with E-state index in [0.717, 1.165) is 16.9 Å². The second-order valence-corrected chi connectivity index (χ2v) is 7.28. The van der Waals surface area contributed by atoms with Gasteiger partial charge in [0.25, 0.3) is 0 Å². The second-order valence-electron chi connectivity index (χ2n) is 5.24. The Hall–Kier alpha value is -1.81. The number of benzene rings is 2. The predicted octanol–water partition coefficient (Wildman–Crippen LogP) is 3.58. The zero-order valence-electron chi connectivity index (χ0n) is 12.5. The smallest absolute Gasteiger partial charge is 0.178 e. The van der Waals surface area contributed by atoms with Crippen LogP contribution in [0.25, 0.3) is 0 Å². The largest absolute Gasteiger partial charge is 0.496 e. The van der Waals surface area contributed by atoms with Crippen molar-refractivity contribution in [1.82, 2.24) is 0 Å². The minimum Gasteiger partial charge on any atom is -0.496 e. The van der Waals surface area contributed by atoms with Crippen LogP contribution in [0.15, 0.2) is 53.4 Å². The van der Waals surface area contributed by atoms with Crippen LogP contribution in [0, 0.1) is 6.92 Å². The van der Waals surface area contributed by atoms with Gasteiger partial charge in [-0.05, 0) is 42.2 Å². The lowest BCUT2D eigenvalue weighted by atomic mass is 10.0. The highest BCUT2D eigenvalue weighted by Gasteiger charge is 2.21. The van der Waals surface area contributed by atoms with Crippen LogP contribution in [-0.4, -0.2) is 21.3 Å². The quantitative estimate of drug-likeness (QED) is 0.848. The van der Waals surface area contributed by atoms with E-state index >= 15 is 0 Å². The average Bonchev–Trinajstić information content (AvgIpc) is 2.47. The Labute approximate surface area is 126 Å². The zero-order chi connectivity index (χ0) is 15.5. The fraction of sp³-hybridized carbons (Fsp3) is 0.294. The summed E-state index contributed by atoms with van der Waals surface area (Å²) in [6.45, 7) is 3.89. The molecule has 0 fully saturated rings. The van der Waals surface area contributed by atoms with E-state index in [9.17, 15) is 8.42 Å². The van der Waals surface area contributed by atoms with Gasteiger partial charge in [-0.1, -0.05) is 37.3 Å². The first-order chi connectivity index (χ1) is 9.94. The summed E-state index contributed by atoms with van der Waals surface area (Å²) in [5.74, 6) is 0.674. The Morgan fingerprint density at radius 1 is 1.10 bits per heavy atom. The van der Waals surface area contributed by atoms with E-state index in [0.29, 0.717) is 4.90 Å². The molecule has 112 valence electrons. The van der Waals surface area contributed by atoms with Crippen molar-refractivity contribution in [1.29, 1.82) is 0 Å². The van der Waals surface area contributed by atoms with Crippen LogP contribution in [0.4, 0.5) is 0 Å². The third kappa shape index (κ3) is 3.64. The monoisotopic (exact) mass is 304 g/mol. The van der Waals surface area contributed by atoms with Crippen LogP contribution in [0.2, 0.25) is 0 Å². The Balaban J connectivity index is 2.28. The van der Waals surface area contributed by atoms with Gasteiger partial charge >= 0.3 is 0 Å². The summed E-state index contributed by atoms with van der Waals surface area (Å²) in [6, 6.07) is 14.4. The van der Waals surface area contributed by atoms with E-state index in [-0.39, 0.29) is 11.7 Å². The van der Waals surface area contributed by atoms with Gasteiger partial charge in [-0.2, -0.15) is 0 Å². The first-order valence-electron chi connectivity index (χ1n) is 6.86. The van der Waals surface area contributed by atoms with Crippen molar-refractivity contribution in [3.8, 4) is 5.75 Å². The highest BCUT2D eigenvalue weighted by atomic mass is 32.2. The van der Waals surface area contributed by atoms with Crippen molar-refractivity contribution in [2.75, 3.05) is 12.9 Å². The fourth-order valence-corrected chi connectivity index (χ4v) is 3.97. The molecule has 0 aromatic heterocycles. The van der Waals surface area contributed by atoms with Gasteiger partial charge in [-0.3, -0.25) is 0 Å². The molecule has 4 heteroatoms. The van der Waals surface area contributed by atoms with Crippen LogP contribution >= 0.6 is 0 Å². The number of sulfone groups is 1. The molecule has 2 rings (SSSR count). The molecule has 1 atom stereocenters. The molecule has 21 heavy (non-hydrogen) atoms. The van der Waals surface area contributed by atoms with Gasteiger partial charge in [0.1, 0.15) is 5.75 Å². The molecular weight excluding hydrogens is 284 g/mol. The maximum atomic E-state index is 12.4. The van der Waals surface area contributed by atoms with Gasteiger partial charge in [0.2, 0.25) is 0 Å². The normalized spacial score (nSPS) is 12.9. The SMILES string of the molecule is COc1cc(C)ccc1C(C)CS(=O)(=O)c1ccccc1. The number of aryl methyl sites for hydroxylation is 1. The van der Waals surface area contributed by atoms with Crippen LogP contribution in [-0.2, 0) is 9.84 Å². The van der Waals surface area contributed by atoms with Crippen LogP contribution in [0.3, 0.4) is 0 Å². The molecule has 0 aliphatic heterocycles. The summed E-state index contributed by atoms with van der Waals surface area (Å²) in [4.78, 5) is 0.364. The van der Waals surface area contributed by atoms with Crippen molar-refractivity contribution in [2.24, 2.45) is 0 Å². The van der Waals surface area contributed by atoms with E-state index in [2.05, 4.69) is 0 Å². The molecule has 0 N–H and O–H groups in total. The Morgan fingerprint density at radius 3 is 2.38 bits per heavy atom. The fourth-order valence-electron chi connectivity index (χ4n) is 2.37. The molecule has 0 heterocycles. The Bertz CT molecular complexity index is 706. The molecular formula is C17H20O3S. The highest BCUT2D eigenvalue weighted by molar-refractivity contribution is 7.91. The van der Waals surface area contributed by atoms with Gasteiger partial charge in [-0.25, -0.2) is 8.42 Å². The molecule has 0 radical (unpaired) electrons. The minimum absolute atomic E-state index is 0.0659. The van der Waals surface area contributed by atoms with Gasteiger partial charge in [0, 0.05) is 0 Å². The molecule has 0 aliphatic rings. The number of hydrogen-bond acceptors (Lipinski definition) is 3. The number of methoxy groups -OCH3 is 1. The summed E-state index contributed by atoms with van der Waals surface area (Å²) >= 11 is 0. The highest BCUT2D eigenvalue weighted by Crippen LogP contribution is 2.29. The minimum atomic E-state index is -3.30. The maximum absolute atomic E-state index is 12.4.